The van der Waals surface area contributed by atoms with Crippen molar-refractivity contribution in [3.63, 3.8) is 0 Å². The normalized spacial score (nSPS) is 10.3. The van der Waals surface area contributed by atoms with E-state index in [2.05, 4.69) is 27.5 Å². The molecule has 0 aromatic carbocycles. The minimum atomic E-state index is 0.780. The zero-order valence-corrected chi connectivity index (χ0v) is 10.9. The second-order valence-corrected chi connectivity index (χ2v) is 3.84. The molecular weight excluding hydrogens is 216 g/mol. The molecule has 0 aliphatic heterocycles. The van der Waals surface area contributed by atoms with Crippen LogP contribution < -0.4 is 10.6 Å². The maximum atomic E-state index is 5.00. The van der Waals surface area contributed by atoms with E-state index < -0.39 is 0 Å². The van der Waals surface area contributed by atoms with E-state index in [4.69, 9.17) is 4.74 Å². The lowest BCUT2D eigenvalue weighted by Crippen LogP contribution is -2.08. The Bertz CT molecular complexity index is 330. The van der Waals surface area contributed by atoms with Crippen molar-refractivity contribution in [2.45, 2.75) is 26.7 Å². The summed E-state index contributed by atoms with van der Waals surface area (Å²) >= 11 is 0. The molecule has 0 saturated heterocycles. The molecule has 0 bridgehead atoms. The van der Waals surface area contributed by atoms with Crippen LogP contribution in [0.15, 0.2) is 6.07 Å². The number of aromatic nitrogens is 2. The molecule has 17 heavy (non-hydrogen) atoms. The van der Waals surface area contributed by atoms with Crippen molar-refractivity contribution in [3.8, 4) is 0 Å². The Kier molecular flexibility index (Phi) is 6.32. The highest BCUT2D eigenvalue weighted by molar-refractivity contribution is 5.47. The molecule has 2 N–H and O–H groups in total. The molecule has 0 aliphatic rings. The number of unbranched alkanes of at least 4 members (excludes halogenated alkanes) is 1. The van der Waals surface area contributed by atoms with Gasteiger partial charge in [-0.3, -0.25) is 0 Å². The summed E-state index contributed by atoms with van der Waals surface area (Å²) in [5, 5.41) is 6.48. The first-order valence-electron chi connectivity index (χ1n) is 6.08. The predicted molar refractivity (Wildman–Crippen MR) is 70.5 cm³/mol. The lowest BCUT2D eigenvalue weighted by atomic mass is 10.3. The lowest BCUT2D eigenvalue weighted by molar-refractivity contribution is 0.194. The smallest absolute Gasteiger partial charge is 0.131 e. The van der Waals surface area contributed by atoms with Crippen LogP contribution in [0.3, 0.4) is 0 Å². The molecule has 0 radical (unpaired) electrons. The van der Waals surface area contributed by atoms with E-state index in [0.717, 1.165) is 50.0 Å². The van der Waals surface area contributed by atoms with Crippen LogP contribution in [-0.2, 0) is 4.74 Å². The van der Waals surface area contributed by atoms with Crippen LogP contribution >= 0.6 is 0 Å². The quantitative estimate of drug-likeness (QED) is 0.679. The van der Waals surface area contributed by atoms with E-state index in [1.165, 1.54) is 0 Å². The molecule has 5 nitrogen and oxygen atoms in total. The molecule has 1 aromatic heterocycles. The minimum absolute atomic E-state index is 0.780. The summed E-state index contributed by atoms with van der Waals surface area (Å²) in [5.41, 5.74) is 0. The first-order valence-corrected chi connectivity index (χ1v) is 6.08. The van der Waals surface area contributed by atoms with E-state index >= 15 is 0 Å². The summed E-state index contributed by atoms with van der Waals surface area (Å²) < 4.78 is 5.00. The largest absolute Gasteiger partial charge is 0.385 e. The highest BCUT2D eigenvalue weighted by Crippen LogP contribution is 2.10. The molecule has 0 saturated carbocycles. The van der Waals surface area contributed by atoms with Gasteiger partial charge in [0.05, 0.1) is 0 Å². The SMILES string of the molecule is CCNc1cc(NCCCCOC)nc(C)n1. The number of rotatable bonds is 8. The standard InChI is InChI=1S/C12H22N4O/c1-4-13-11-9-12(16-10(2)15-11)14-7-5-6-8-17-3/h9H,4-8H2,1-3H3,(H2,13,14,15,16). The Hall–Kier alpha value is -1.36. The van der Waals surface area contributed by atoms with Crippen molar-refractivity contribution in [2.24, 2.45) is 0 Å². The summed E-state index contributed by atoms with van der Waals surface area (Å²) in [6.45, 7) is 6.54. The number of nitrogens with one attached hydrogen (secondary N) is 2. The molecule has 0 atom stereocenters. The third-order valence-corrected chi connectivity index (χ3v) is 2.28. The summed E-state index contributed by atoms with van der Waals surface area (Å²) in [7, 11) is 1.73. The van der Waals surface area contributed by atoms with E-state index in [9.17, 15) is 0 Å². The summed E-state index contributed by atoms with van der Waals surface area (Å²) in [4.78, 5) is 8.64. The zero-order chi connectivity index (χ0) is 12.5. The van der Waals surface area contributed by atoms with Gasteiger partial charge in [0.2, 0.25) is 0 Å². The number of nitrogens with zero attached hydrogens (tertiary/aromatic N) is 2. The fraction of sp³-hybridized carbons (Fsp3) is 0.667. The van der Waals surface area contributed by atoms with Crippen LogP contribution in [0.2, 0.25) is 0 Å². The van der Waals surface area contributed by atoms with Gasteiger partial charge in [0.15, 0.2) is 0 Å². The van der Waals surface area contributed by atoms with Gasteiger partial charge in [-0.2, -0.15) is 0 Å². The maximum absolute atomic E-state index is 5.00. The number of aryl methyl sites for hydroxylation is 1. The third kappa shape index (κ3) is 5.49. The van der Waals surface area contributed by atoms with Gasteiger partial charge >= 0.3 is 0 Å². The van der Waals surface area contributed by atoms with Gasteiger partial charge in [0, 0.05) is 32.9 Å². The Morgan fingerprint density at radius 2 is 1.88 bits per heavy atom. The second kappa shape index (κ2) is 7.84. The summed E-state index contributed by atoms with van der Waals surface area (Å²) in [5.74, 6) is 2.54. The molecule has 1 aromatic rings. The Morgan fingerprint density at radius 3 is 2.53 bits per heavy atom. The predicted octanol–water partition coefficient (Wildman–Crippen LogP) is 2.06. The van der Waals surface area contributed by atoms with Crippen molar-refractivity contribution in [1.82, 2.24) is 9.97 Å². The van der Waals surface area contributed by atoms with E-state index in [0.29, 0.717) is 0 Å². The van der Waals surface area contributed by atoms with Gasteiger partial charge in [-0.1, -0.05) is 0 Å². The van der Waals surface area contributed by atoms with E-state index in [-0.39, 0.29) is 0 Å². The zero-order valence-electron chi connectivity index (χ0n) is 10.9. The maximum Gasteiger partial charge on any atom is 0.131 e. The minimum Gasteiger partial charge on any atom is -0.385 e. The molecule has 5 heteroatoms. The van der Waals surface area contributed by atoms with E-state index in [1.54, 1.807) is 7.11 Å². The number of methoxy groups -OCH3 is 1. The number of hydrogen-bond acceptors (Lipinski definition) is 5. The first-order chi connectivity index (χ1) is 8.26. The van der Waals surface area contributed by atoms with Gasteiger partial charge < -0.3 is 15.4 Å². The number of ether oxygens (including phenoxy) is 1. The monoisotopic (exact) mass is 238 g/mol. The molecule has 0 spiro atoms. The average molecular weight is 238 g/mol. The third-order valence-electron chi connectivity index (χ3n) is 2.28. The lowest BCUT2D eigenvalue weighted by Gasteiger charge is -2.09. The molecule has 1 heterocycles. The van der Waals surface area contributed by atoms with Crippen molar-refractivity contribution in [2.75, 3.05) is 37.4 Å². The molecule has 96 valence electrons. The Labute approximate surface area is 103 Å². The molecule has 0 unspecified atom stereocenters. The Balaban J connectivity index is 2.41. The summed E-state index contributed by atoms with van der Waals surface area (Å²) in [6, 6.07) is 1.94. The van der Waals surface area contributed by atoms with Crippen molar-refractivity contribution in [3.05, 3.63) is 11.9 Å². The van der Waals surface area contributed by atoms with Crippen LogP contribution in [0.1, 0.15) is 25.6 Å². The number of anilines is 2. The highest BCUT2D eigenvalue weighted by Gasteiger charge is 2.00. The topological polar surface area (TPSA) is 59.1 Å². The molecule has 0 amide bonds. The van der Waals surface area contributed by atoms with Crippen LogP contribution in [0.25, 0.3) is 0 Å². The Morgan fingerprint density at radius 1 is 1.18 bits per heavy atom. The fourth-order valence-corrected chi connectivity index (χ4v) is 1.52. The van der Waals surface area contributed by atoms with Gasteiger partial charge in [0.25, 0.3) is 0 Å². The molecule has 1 rings (SSSR count). The van der Waals surface area contributed by atoms with Crippen LogP contribution in [-0.4, -0.2) is 36.8 Å². The fourth-order valence-electron chi connectivity index (χ4n) is 1.52. The van der Waals surface area contributed by atoms with Gasteiger partial charge in [0.1, 0.15) is 17.5 Å². The van der Waals surface area contributed by atoms with Crippen LogP contribution in [0, 0.1) is 6.92 Å². The van der Waals surface area contributed by atoms with Gasteiger partial charge in [-0.05, 0) is 26.7 Å². The first kappa shape index (κ1) is 13.7. The van der Waals surface area contributed by atoms with Crippen molar-refractivity contribution in [1.29, 1.82) is 0 Å². The van der Waals surface area contributed by atoms with Crippen molar-refractivity contribution >= 4 is 11.6 Å². The second-order valence-electron chi connectivity index (χ2n) is 3.84. The highest BCUT2D eigenvalue weighted by atomic mass is 16.5. The molecule has 0 aliphatic carbocycles. The number of hydrogen-bond donors (Lipinski definition) is 2. The van der Waals surface area contributed by atoms with Crippen LogP contribution in [0.5, 0.6) is 0 Å². The van der Waals surface area contributed by atoms with Crippen LogP contribution in [0.4, 0.5) is 11.6 Å². The molecule has 0 fully saturated rings. The summed E-state index contributed by atoms with van der Waals surface area (Å²) in [6.07, 6.45) is 2.14. The van der Waals surface area contributed by atoms with Crippen molar-refractivity contribution < 1.29 is 4.74 Å². The van der Waals surface area contributed by atoms with Gasteiger partial charge in [-0.15, -0.1) is 0 Å². The average Bonchev–Trinajstić information content (AvgIpc) is 2.28. The van der Waals surface area contributed by atoms with Gasteiger partial charge in [-0.25, -0.2) is 9.97 Å². The molecular formula is C12H22N4O. The van der Waals surface area contributed by atoms with E-state index in [1.807, 2.05) is 13.0 Å².